The van der Waals surface area contributed by atoms with Crippen LogP contribution in [0.15, 0.2) is 24.3 Å². The first-order valence-electron chi connectivity index (χ1n) is 6.86. The van der Waals surface area contributed by atoms with Crippen molar-refractivity contribution in [1.82, 2.24) is 10.2 Å². The maximum atomic E-state index is 12.4. The average Bonchev–Trinajstić information content (AvgIpc) is 2.74. The first kappa shape index (κ1) is 12.2. The first-order valence-corrected chi connectivity index (χ1v) is 6.86. The van der Waals surface area contributed by atoms with Crippen molar-refractivity contribution in [1.29, 1.82) is 0 Å². The van der Waals surface area contributed by atoms with Crippen LogP contribution < -0.4 is 5.32 Å². The van der Waals surface area contributed by atoms with Crippen LogP contribution in [0.25, 0.3) is 0 Å². The van der Waals surface area contributed by atoms with Crippen molar-refractivity contribution in [2.45, 2.75) is 19.3 Å². The Morgan fingerprint density at radius 3 is 2.32 bits per heavy atom. The molecule has 1 N–H and O–H groups in total. The molecule has 0 bridgehead atoms. The Labute approximate surface area is 112 Å². The van der Waals surface area contributed by atoms with E-state index in [-0.39, 0.29) is 17.7 Å². The van der Waals surface area contributed by atoms with E-state index < -0.39 is 0 Å². The fraction of sp³-hybridized carbons (Fsp3) is 0.467. The summed E-state index contributed by atoms with van der Waals surface area (Å²) in [5, 5.41) is 2.74. The molecule has 1 atom stereocenters. The number of carbonyl (C=O) groups excluding carboxylic acids is 2. The van der Waals surface area contributed by atoms with Crippen LogP contribution in [0.4, 0.5) is 0 Å². The lowest BCUT2D eigenvalue weighted by atomic mass is 10.0. The zero-order chi connectivity index (χ0) is 13.2. The quantitative estimate of drug-likeness (QED) is 0.808. The van der Waals surface area contributed by atoms with Gasteiger partial charge in [-0.15, -0.1) is 0 Å². The molecule has 2 amide bonds. The molecule has 100 valence electrons. The molecule has 0 saturated carbocycles. The second kappa shape index (κ2) is 5.03. The van der Waals surface area contributed by atoms with E-state index in [2.05, 4.69) is 29.6 Å². The summed E-state index contributed by atoms with van der Waals surface area (Å²) in [5.41, 5.74) is 2.69. The SMILES string of the molecule is O=C1CC(C(=O)N2CCc3ccccc3CC2)CN1. The summed E-state index contributed by atoms with van der Waals surface area (Å²) in [6.07, 6.45) is 2.17. The molecule has 4 nitrogen and oxygen atoms in total. The van der Waals surface area contributed by atoms with Crippen LogP contribution in [-0.2, 0) is 22.4 Å². The van der Waals surface area contributed by atoms with Crippen LogP contribution in [0.1, 0.15) is 17.5 Å². The number of benzene rings is 1. The van der Waals surface area contributed by atoms with Crippen molar-refractivity contribution in [2.75, 3.05) is 19.6 Å². The molecule has 1 saturated heterocycles. The van der Waals surface area contributed by atoms with Crippen molar-refractivity contribution in [3.63, 3.8) is 0 Å². The zero-order valence-corrected chi connectivity index (χ0v) is 10.9. The summed E-state index contributed by atoms with van der Waals surface area (Å²) >= 11 is 0. The Hall–Kier alpha value is -1.84. The van der Waals surface area contributed by atoms with Crippen LogP contribution in [-0.4, -0.2) is 36.3 Å². The molecule has 2 aliphatic rings. The van der Waals surface area contributed by atoms with Gasteiger partial charge < -0.3 is 10.2 Å². The van der Waals surface area contributed by atoms with Gasteiger partial charge in [0.05, 0.1) is 5.92 Å². The Morgan fingerprint density at radius 2 is 1.79 bits per heavy atom. The van der Waals surface area contributed by atoms with Gasteiger partial charge in [-0.2, -0.15) is 0 Å². The van der Waals surface area contributed by atoms with E-state index in [0.717, 1.165) is 25.9 Å². The van der Waals surface area contributed by atoms with Crippen molar-refractivity contribution in [3.05, 3.63) is 35.4 Å². The van der Waals surface area contributed by atoms with Gasteiger partial charge in [-0.05, 0) is 24.0 Å². The third-order valence-electron chi connectivity index (χ3n) is 4.06. The molecule has 0 aromatic heterocycles. The van der Waals surface area contributed by atoms with Crippen LogP contribution in [0.2, 0.25) is 0 Å². The molecule has 0 aliphatic carbocycles. The highest BCUT2D eigenvalue weighted by atomic mass is 16.2. The fourth-order valence-corrected chi connectivity index (χ4v) is 2.93. The molecule has 0 spiro atoms. The van der Waals surface area contributed by atoms with Crippen LogP contribution in [0, 0.1) is 5.92 Å². The number of nitrogens with zero attached hydrogens (tertiary/aromatic N) is 1. The van der Waals surface area contributed by atoms with E-state index in [1.54, 1.807) is 0 Å². The van der Waals surface area contributed by atoms with Crippen LogP contribution >= 0.6 is 0 Å². The lowest BCUT2D eigenvalue weighted by molar-refractivity contribution is -0.135. The Bertz CT molecular complexity index is 486. The fourth-order valence-electron chi connectivity index (χ4n) is 2.93. The highest BCUT2D eigenvalue weighted by molar-refractivity contribution is 5.89. The molecular formula is C15H18N2O2. The molecular weight excluding hydrogens is 240 g/mol. The van der Waals surface area contributed by atoms with Crippen LogP contribution in [0.5, 0.6) is 0 Å². The molecule has 0 radical (unpaired) electrons. The topological polar surface area (TPSA) is 49.4 Å². The van der Waals surface area contributed by atoms with E-state index in [1.165, 1.54) is 11.1 Å². The van der Waals surface area contributed by atoms with Crippen molar-refractivity contribution in [3.8, 4) is 0 Å². The number of hydrogen-bond donors (Lipinski definition) is 1. The average molecular weight is 258 g/mol. The number of hydrogen-bond acceptors (Lipinski definition) is 2. The Balaban J connectivity index is 1.68. The molecule has 2 heterocycles. The molecule has 3 rings (SSSR count). The van der Waals surface area contributed by atoms with Crippen LogP contribution in [0.3, 0.4) is 0 Å². The third kappa shape index (κ3) is 2.48. The van der Waals surface area contributed by atoms with E-state index in [1.807, 2.05) is 4.90 Å². The molecule has 4 heteroatoms. The summed E-state index contributed by atoms with van der Waals surface area (Å²) in [4.78, 5) is 25.5. The van der Waals surface area contributed by atoms with Gasteiger partial charge in [0.1, 0.15) is 0 Å². The summed E-state index contributed by atoms with van der Waals surface area (Å²) in [6, 6.07) is 8.39. The molecule has 1 aromatic rings. The minimum atomic E-state index is -0.159. The minimum Gasteiger partial charge on any atom is -0.355 e. The van der Waals surface area contributed by atoms with Gasteiger partial charge in [0.15, 0.2) is 0 Å². The smallest absolute Gasteiger partial charge is 0.228 e. The van der Waals surface area contributed by atoms with Gasteiger partial charge in [-0.3, -0.25) is 9.59 Å². The zero-order valence-electron chi connectivity index (χ0n) is 10.9. The largest absolute Gasteiger partial charge is 0.355 e. The second-order valence-electron chi connectivity index (χ2n) is 5.30. The number of carbonyl (C=O) groups is 2. The Kier molecular flexibility index (Phi) is 3.23. The Morgan fingerprint density at radius 1 is 1.16 bits per heavy atom. The lowest BCUT2D eigenvalue weighted by Crippen LogP contribution is -2.38. The van der Waals surface area contributed by atoms with E-state index in [4.69, 9.17) is 0 Å². The lowest BCUT2D eigenvalue weighted by Gasteiger charge is -2.23. The van der Waals surface area contributed by atoms with E-state index in [9.17, 15) is 9.59 Å². The predicted molar refractivity (Wildman–Crippen MR) is 71.5 cm³/mol. The number of amides is 2. The minimum absolute atomic E-state index is 0.00328. The highest BCUT2D eigenvalue weighted by Crippen LogP contribution is 2.19. The molecule has 2 aliphatic heterocycles. The third-order valence-corrected chi connectivity index (χ3v) is 4.06. The molecule has 1 unspecified atom stereocenters. The first-order chi connectivity index (χ1) is 9.24. The van der Waals surface area contributed by atoms with E-state index in [0.29, 0.717) is 13.0 Å². The van der Waals surface area contributed by atoms with E-state index >= 15 is 0 Å². The van der Waals surface area contributed by atoms with Crippen molar-refractivity contribution in [2.24, 2.45) is 5.92 Å². The van der Waals surface area contributed by atoms with Gasteiger partial charge >= 0.3 is 0 Å². The normalized spacial score (nSPS) is 22.6. The maximum Gasteiger partial charge on any atom is 0.228 e. The number of rotatable bonds is 1. The monoisotopic (exact) mass is 258 g/mol. The predicted octanol–water partition coefficient (Wildman–Crippen LogP) is 0.750. The van der Waals surface area contributed by atoms with Gasteiger partial charge in [-0.1, -0.05) is 24.3 Å². The molecule has 1 fully saturated rings. The van der Waals surface area contributed by atoms with Gasteiger partial charge in [0.2, 0.25) is 11.8 Å². The van der Waals surface area contributed by atoms with Gasteiger partial charge in [0, 0.05) is 26.1 Å². The number of nitrogens with one attached hydrogen (secondary N) is 1. The summed E-state index contributed by atoms with van der Waals surface area (Å²) in [6.45, 7) is 2.03. The number of fused-ring (bicyclic) bond motifs is 1. The summed E-state index contributed by atoms with van der Waals surface area (Å²) in [7, 11) is 0. The standard InChI is InChI=1S/C15H18N2O2/c18-14-9-13(10-16-14)15(19)17-7-5-11-3-1-2-4-12(11)6-8-17/h1-4,13H,5-10H2,(H,16,18). The second-order valence-corrected chi connectivity index (χ2v) is 5.30. The summed E-state index contributed by atoms with van der Waals surface area (Å²) < 4.78 is 0. The van der Waals surface area contributed by atoms with Gasteiger partial charge in [-0.25, -0.2) is 0 Å². The van der Waals surface area contributed by atoms with Crippen molar-refractivity contribution >= 4 is 11.8 Å². The highest BCUT2D eigenvalue weighted by Gasteiger charge is 2.31. The molecule has 1 aromatic carbocycles. The van der Waals surface area contributed by atoms with Gasteiger partial charge in [0.25, 0.3) is 0 Å². The maximum absolute atomic E-state index is 12.4. The summed E-state index contributed by atoms with van der Waals surface area (Å²) in [5.74, 6) is -0.0312. The van der Waals surface area contributed by atoms with Crippen molar-refractivity contribution < 1.29 is 9.59 Å². The molecule has 19 heavy (non-hydrogen) atoms.